The predicted octanol–water partition coefficient (Wildman–Crippen LogP) is 5.20. The molecule has 0 aromatic heterocycles. The van der Waals surface area contributed by atoms with Crippen LogP contribution in [0, 0.1) is 5.82 Å². The molecule has 21 heavy (non-hydrogen) atoms. The van der Waals surface area contributed by atoms with Gasteiger partial charge in [-0.3, -0.25) is 0 Å². The highest BCUT2D eigenvalue weighted by Gasteiger charge is 2.13. The maximum atomic E-state index is 13.9. The Bertz CT molecular complexity index is 634. The third kappa shape index (κ3) is 4.10. The van der Waals surface area contributed by atoms with Crippen LogP contribution in [0.1, 0.15) is 18.9 Å². The van der Waals surface area contributed by atoms with Crippen molar-refractivity contribution in [2.24, 2.45) is 5.73 Å². The van der Waals surface area contributed by atoms with Crippen LogP contribution in [0.25, 0.3) is 0 Å². The molecule has 0 amide bonds. The van der Waals surface area contributed by atoms with Gasteiger partial charge < -0.3 is 10.5 Å². The van der Waals surface area contributed by atoms with Gasteiger partial charge in [-0.05, 0) is 48.7 Å². The summed E-state index contributed by atoms with van der Waals surface area (Å²) in [6.45, 7) is 2.01. The molecule has 2 aromatic rings. The normalized spacial score (nSPS) is 12.2. The predicted molar refractivity (Wildman–Crippen MR) is 84.9 cm³/mol. The first-order valence-corrected chi connectivity index (χ1v) is 7.42. The van der Waals surface area contributed by atoms with Crippen molar-refractivity contribution in [2.45, 2.75) is 25.8 Å². The monoisotopic (exact) mass is 327 g/mol. The molecule has 0 aliphatic heterocycles. The molecule has 0 bridgehead atoms. The van der Waals surface area contributed by atoms with E-state index in [0.717, 1.165) is 12.0 Å². The molecule has 0 aliphatic carbocycles. The van der Waals surface area contributed by atoms with Crippen molar-refractivity contribution in [1.29, 1.82) is 0 Å². The van der Waals surface area contributed by atoms with Crippen LogP contribution in [0.15, 0.2) is 36.4 Å². The number of rotatable bonds is 5. The van der Waals surface area contributed by atoms with E-state index in [1.165, 1.54) is 12.1 Å². The topological polar surface area (TPSA) is 35.2 Å². The Hall–Kier alpha value is -1.29. The molecule has 5 heteroatoms. The highest BCUT2D eigenvalue weighted by atomic mass is 35.5. The molecule has 112 valence electrons. The average molecular weight is 328 g/mol. The minimum Gasteiger partial charge on any atom is -0.454 e. The number of hydrogen-bond acceptors (Lipinski definition) is 2. The van der Waals surface area contributed by atoms with Crippen LogP contribution in [0.4, 0.5) is 4.39 Å². The fourth-order valence-electron chi connectivity index (χ4n) is 1.92. The van der Waals surface area contributed by atoms with Crippen molar-refractivity contribution < 1.29 is 9.13 Å². The van der Waals surface area contributed by atoms with Gasteiger partial charge in [0, 0.05) is 11.1 Å². The highest BCUT2D eigenvalue weighted by Crippen LogP contribution is 2.32. The first-order valence-electron chi connectivity index (χ1n) is 6.67. The zero-order valence-corrected chi connectivity index (χ0v) is 13.1. The molecule has 0 aliphatic rings. The van der Waals surface area contributed by atoms with Crippen molar-refractivity contribution in [1.82, 2.24) is 0 Å². The van der Waals surface area contributed by atoms with Crippen molar-refractivity contribution in [2.75, 3.05) is 0 Å². The van der Waals surface area contributed by atoms with E-state index in [1.807, 2.05) is 6.92 Å². The van der Waals surface area contributed by atoms with E-state index in [0.29, 0.717) is 17.2 Å². The summed E-state index contributed by atoms with van der Waals surface area (Å²) in [7, 11) is 0. The molecule has 2 nitrogen and oxygen atoms in total. The maximum Gasteiger partial charge on any atom is 0.184 e. The lowest BCUT2D eigenvalue weighted by Crippen LogP contribution is -2.21. The molecule has 0 heterocycles. The lowest BCUT2D eigenvalue weighted by atomic mass is 10.0. The second-order valence-electron chi connectivity index (χ2n) is 4.78. The molecular formula is C16H16Cl2FNO. The summed E-state index contributed by atoms with van der Waals surface area (Å²) in [5.41, 5.74) is 6.82. The first kappa shape index (κ1) is 16.1. The summed E-state index contributed by atoms with van der Waals surface area (Å²) in [5.74, 6) is 0.0282. The third-order valence-electron chi connectivity index (χ3n) is 3.17. The molecule has 0 radical (unpaired) electrons. The van der Waals surface area contributed by atoms with Crippen LogP contribution in [0.3, 0.4) is 0 Å². The van der Waals surface area contributed by atoms with Crippen molar-refractivity contribution in [3.63, 3.8) is 0 Å². The summed E-state index contributed by atoms with van der Waals surface area (Å²) in [5, 5.41) is 0.612. The zero-order valence-electron chi connectivity index (χ0n) is 11.6. The van der Waals surface area contributed by atoms with E-state index in [4.69, 9.17) is 33.7 Å². The Balaban J connectivity index is 2.33. The van der Waals surface area contributed by atoms with Crippen LogP contribution in [0.2, 0.25) is 10.0 Å². The first-order chi connectivity index (χ1) is 10.0. The molecule has 0 saturated heterocycles. The number of halogens is 3. The van der Waals surface area contributed by atoms with E-state index in [-0.39, 0.29) is 16.8 Å². The second-order valence-corrected chi connectivity index (χ2v) is 5.62. The van der Waals surface area contributed by atoms with Gasteiger partial charge in [-0.25, -0.2) is 4.39 Å². The average Bonchev–Trinajstić information content (AvgIpc) is 2.46. The van der Waals surface area contributed by atoms with Crippen molar-refractivity contribution in [3.8, 4) is 11.5 Å². The SMILES string of the molecule is CCC(N)Cc1cc(Cl)ccc1Oc1cccc(Cl)c1F. The lowest BCUT2D eigenvalue weighted by Gasteiger charge is -2.15. The van der Waals surface area contributed by atoms with Gasteiger partial charge in [0.25, 0.3) is 0 Å². The minimum absolute atomic E-state index is 0.00461. The van der Waals surface area contributed by atoms with Crippen LogP contribution in [0.5, 0.6) is 11.5 Å². The highest BCUT2D eigenvalue weighted by molar-refractivity contribution is 6.31. The van der Waals surface area contributed by atoms with Crippen molar-refractivity contribution in [3.05, 3.63) is 57.8 Å². The van der Waals surface area contributed by atoms with Gasteiger partial charge >= 0.3 is 0 Å². The van der Waals surface area contributed by atoms with Gasteiger partial charge in [0.15, 0.2) is 11.6 Å². The largest absolute Gasteiger partial charge is 0.454 e. The Morgan fingerprint density at radius 2 is 1.95 bits per heavy atom. The summed E-state index contributed by atoms with van der Waals surface area (Å²) in [6, 6.07) is 9.82. The van der Waals surface area contributed by atoms with E-state index in [2.05, 4.69) is 0 Å². The standard InChI is InChI=1S/C16H16Cl2FNO/c1-2-12(20)9-10-8-11(17)6-7-14(10)21-15-5-3-4-13(18)16(15)19/h3-8,12H,2,9,20H2,1H3. The van der Waals surface area contributed by atoms with Crippen LogP contribution >= 0.6 is 23.2 Å². The number of hydrogen-bond donors (Lipinski definition) is 1. The van der Waals surface area contributed by atoms with E-state index in [9.17, 15) is 4.39 Å². The molecule has 2 aromatic carbocycles. The molecule has 0 spiro atoms. The molecule has 2 rings (SSSR count). The summed E-state index contributed by atoms with van der Waals surface area (Å²) < 4.78 is 19.6. The number of nitrogens with two attached hydrogens (primary N) is 1. The van der Waals surface area contributed by atoms with Gasteiger partial charge in [-0.15, -0.1) is 0 Å². The molecular weight excluding hydrogens is 312 g/mol. The van der Waals surface area contributed by atoms with Gasteiger partial charge in [0.05, 0.1) is 5.02 Å². The Labute approximate surface area is 133 Å². The van der Waals surface area contributed by atoms with Gasteiger partial charge in [-0.2, -0.15) is 0 Å². The fraction of sp³-hybridized carbons (Fsp3) is 0.250. The maximum absolute atomic E-state index is 13.9. The summed E-state index contributed by atoms with van der Waals surface area (Å²) in [4.78, 5) is 0. The van der Waals surface area contributed by atoms with E-state index >= 15 is 0 Å². The Morgan fingerprint density at radius 3 is 2.67 bits per heavy atom. The molecule has 1 unspecified atom stereocenters. The Kier molecular flexibility index (Phi) is 5.45. The summed E-state index contributed by atoms with van der Waals surface area (Å²) in [6.07, 6.45) is 1.44. The summed E-state index contributed by atoms with van der Waals surface area (Å²) >= 11 is 11.8. The molecule has 1 atom stereocenters. The smallest absolute Gasteiger partial charge is 0.184 e. The molecule has 2 N–H and O–H groups in total. The van der Waals surface area contributed by atoms with Crippen molar-refractivity contribution >= 4 is 23.2 Å². The van der Waals surface area contributed by atoms with Gasteiger partial charge in [0.2, 0.25) is 0 Å². The Morgan fingerprint density at radius 1 is 1.19 bits per heavy atom. The molecule has 0 saturated carbocycles. The molecule has 0 fully saturated rings. The number of ether oxygens (including phenoxy) is 1. The van der Waals surface area contributed by atoms with Crippen LogP contribution < -0.4 is 10.5 Å². The minimum atomic E-state index is -0.583. The van der Waals surface area contributed by atoms with E-state index in [1.54, 1.807) is 24.3 Å². The second kappa shape index (κ2) is 7.12. The quantitative estimate of drug-likeness (QED) is 0.818. The van der Waals surface area contributed by atoms with Crippen LogP contribution in [-0.2, 0) is 6.42 Å². The van der Waals surface area contributed by atoms with E-state index < -0.39 is 5.82 Å². The lowest BCUT2D eigenvalue weighted by molar-refractivity contribution is 0.435. The zero-order chi connectivity index (χ0) is 15.4. The van der Waals surface area contributed by atoms with Gasteiger partial charge in [0.1, 0.15) is 5.75 Å². The van der Waals surface area contributed by atoms with Crippen LogP contribution in [-0.4, -0.2) is 6.04 Å². The fourth-order valence-corrected chi connectivity index (χ4v) is 2.28. The number of benzene rings is 2. The third-order valence-corrected chi connectivity index (χ3v) is 3.69. The van der Waals surface area contributed by atoms with Gasteiger partial charge in [-0.1, -0.05) is 36.2 Å².